The zero-order valence-electron chi connectivity index (χ0n) is 18.5. The Morgan fingerprint density at radius 3 is 2.56 bits per heavy atom. The van der Waals surface area contributed by atoms with Gasteiger partial charge in [0.25, 0.3) is 0 Å². The number of hydrogen-bond donors (Lipinski definition) is 1. The number of rotatable bonds is 6. The molecule has 9 heteroatoms. The van der Waals surface area contributed by atoms with Crippen molar-refractivity contribution in [1.82, 2.24) is 14.9 Å². The van der Waals surface area contributed by atoms with E-state index in [1.165, 1.54) is 16.4 Å². The summed E-state index contributed by atoms with van der Waals surface area (Å²) in [6.07, 6.45) is 0. The van der Waals surface area contributed by atoms with Gasteiger partial charge in [-0.2, -0.15) is 0 Å². The lowest BCUT2D eigenvalue weighted by atomic mass is 10.1. The van der Waals surface area contributed by atoms with Gasteiger partial charge in [0.2, 0.25) is 11.1 Å². The number of nitrogens with two attached hydrogens (primary N) is 1. The largest absolute Gasteiger partial charge is 0.497 e. The standard InChI is InChI=1S/C25H23N5O2S2/c1-32-19-13-11-18(12-14-19)24-27-28-25(30(24)26)34-16-23(31)29-20-9-5-6-10-22(20)33-15-21(29)17-7-3-2-4-8-17/h2-14,21H,15-16,26H2,1H3. The van der Waals surface area contributed by atoms with Crippen LogP contribution in [-0.4, -0.2) is 39.4 Å². The molecule has 3 aromatic carbocycles. The van der Waals surface area contributed by atoms with Crippen LogP contribution in [0.25, 0.3) is 11.4 Å². The molecule has 2 heterocycles. The number of thioether (sulfide) groups is 2. The first kappa shape index (κ1) is 22.4. The second-order valence-electron chi connectivity index (χ2n) is 7.66. The predicted molar refractivity (Wildman–Crippen MR) is 137 cm³/mol. The van der Waals surface area contributed by atoms with Crippen LogP contribution in [0.4, 0.5) is 5.69 Å². The zero-order chi connectivity index (χ0) is 23.5. The van der Waals surface area contributed by atoms with E-state index in [1.54, 1.807) is 18.9 Å². The van der Waals surface area contributed by atoms with Crippen molar-refractivity contribution >= 4 is 35.1 Å². The lowest BCUT2D eigenvalue weighted by molar-refractivity contribution is -0.116. The van der Waals surface area contributed by atoms with Gasteiger partial charge in [-0.3, -0.25) is 4.79 Å². The number of para-hydroxylation sites is 1. The first-order valence-corrected chi connectivity index (χ1v) is 12.7. The van der Waals surface area contributed by atoms with E-state index < -0.39 is 0 Å². The second-order valence-corrected chi connectivity index (χ2v) is 9.67. The fourth-order valence-corrected chi connectivity index (χ4v) is 5.81. The number of aromatic nitrogens is 3. The second kappa shape index (κ2) is 9.82. The van der Waals surface area contributed by atoms with Gasteiger partial charge in [-0.25, -0.2) is 4.68 Å². The molecule has 7 nitrogen and oxygen atoms in total. The van der Waals surface area contributed by atoms with E-state index >= 15 is 0 Å². The summed E-state index contributed by atoms with van der Waals surface area (Å²) in [6.45, 7) is 0. The minimum absolute atomic E-state index is 0.000556. The SMILES string of the molecule is COc1ccc(-c2nnc(SCC(=O)N3c4ccccc4SCC3c3ccccc3)n2N)cc1. The van der Waals surface area contributed by atoms with Crippen molar-refractivity contribution < 1.29 is 9.53 Å². The topological polar surface area (TPSA) is 86.3 Å². The molecule has 1 aromatic heterocycles. The summed E-state index contributed by atoms with van der Waals surface area (Å²) in [7, 11) is 1.62. The average Bonchev–Trinajstić information content (AvgIpc) is 3.27. The van der Waals surface area contributed by atoms with Crippen LogP contribution in [0.2, 0.25) is 0 Å². The maximum Gasteiger partial charge on any atom is 0.238 e. The quantitative estimate of drug-likeness (QED) is 0.312. The number of benzene rings is 3. The van der Waals surface area contributed by atoms with Gasteiger partial charge in [-0.15, -0.1) is 22.0 Å². The smallest absolute Gasteiger partial charge is 0.238 e. The van der Waals surface area contributed by atoms with Crippen LogP contribution in [0.5, 0.6) is 5.75 Å². The number of carbonyl (C=O) groups is 1. The third kappa shape index (κ3) is 4.36. The molecule has 0 fully saturated rings. The number of hydrogen-bond acceptors (Lipinski definition) is 7. The van der Waals surface area contributed by atoms with Gasteiger partial charge in [0.1, 0.15) is 5.75 Å². The molecule has 172 valence electrons. The summed E-state index contributed by atoms with van der Waals surface area (Å²) in [5, 5.41) is 8.93. The molecule has 1 amide bonds. The van der Waals surface area contributed by atoms with Crippen LogP contribution in [0.1, 0.15) is 11.6 Å². The van der Waals surface area contributed by atoms with E-state index in [1.807, 2.05) is 65.6 Å². The van der Waals surface area contributed by atoms with E-state index in [0.717, 1.165) is 33.2 Å². The molecule has 34 heavy (non-hydrogen) atoms. The van der Waals surface area contributed by atoms with Gasteiger partial charge in [-0.1, -0.05) is 54.2 Å². The van der Waals surface area contributed by atoms with Gasteiger partial charge >= 0.3 is 0 Å². The van der Waals surface area contributed by atoms with Crippen molar-refractivity contribution in [3.8, 4) is 17.1 Å². The Labute approximate surface area is 206 Å². The number of ether oxygens (including phenoxy) is 1. The molecule has 1 atom stereocenters. The Morgan fingerprint density at radius 1 is 1.06 bits per heavy atom. The number of fused-ring (bicyclic) bond motifs is 1. The van der Waals surface area contributed by atoms with Gasteiger partial charge in [-0.05, 0) is 42.0 Å². The molecule has 0 saturated carbocycles. The summed E-state index contributed by atoms with van der Waals surface area (Å²) >= 11 is 3.06. The van der Waals surface area contributed by atoms with Crippen LogP contribution in [0, 0.1) is 0 Å². The molecule has 4 aromatic rings. The molecular formula is C25H23N5O2S2. The third-order valence-electron chi connectivity index (χ3n) is 5.62. The van der Waals surface area contributed by atoms with Crippen LogP contribution in [-0.2, 0) is 4.79 Å². The highest BCUT2D eigenvalue weighted by molar-refractivity contribution is 8.00. The third-order valence-corrected chi connectivity index (χ3v) is 7.69. The van der Waals surface area contributed by atoms with Crippen molar-refractivity contribution in [2.45, 2.75) is 16.1 Å². The van der Waals surface area contributed by atoms with E-state index in [-0.39, 0.29) is 17.7 Å². The van der Waals surface area contributed by atoms with E-state index in [2.05, 4.69) is 28.4 Å². The summed E-state index contributed by atoms with van der Waals surface area (Å²) in [6, 6.07) is 25.6. The number of nitrogen functional groups attached to an aromatic ring is 1. The number of amides is 1. The van der Waals surface area contributed by atoms with E-state index in [9.17, 15) is 4.79 Å². The van der Waals surface area contributed by atoms with Crippen LogP contribution in [0.3, 0.4) is 0 Å². The van der Waals surface area contributed by atoms with Gasteiger partial charge in [0.05, 0.1) is 24.6 Å². The Hall–Kier alpha value is -3.43. The Balaban J connectivity index is 1.37. The van der Waals surface area contributed by atoms with E-state index in [4.69, 9.17) is 10.6 Å². The van der Waals surface area contributed by atoms with Crippen LogP contribution >= 0.6 is 23.5 Å². The molecule has 5 rings (SSSR count). The monoisotopic (exact) mass is 489 g/mol. The lowest BCUT2D eigenvalue weighted by Gasteiger charge is -2.37. The van der Waals surface area contributed by atoms with Crippen molar-refractivity contribution in [3.63, 3.8) is 0 Å². The van der Waals surface area contributed by atoms with Gasteiger partial charge in [0, 0.05) is 16.2 Å². The molecule has 0 saturated heterocycles. The summed E-state index contributed by atoms with van der Waals surface area (Å²) < 4.78 is 6.63. The molecule has 1 aliphatic rings. The highest BCUT2D eigenvalue weighted by Crippen LogP contribution is 2.43. The number of methoxy groups -OCH3 is 1. The first-order valence-electron chi connectivity index (χ1n) is 10.7. The molecular weight excluding hydrogens is 466 g/mol. The zero-order valence-corrected chi connectivity index (χ0v) is 20.1. The Bertz CT molecular complexity index is 1290. The summed E-state index contributed by atoms with van der Waals surface area (Å²) in [4.78, 5) is 16.6. The lowest BCUT2D eigenvalue weighted by Crippen LogP contribution is -2.39. The average molecular weight is 490 g/mol. The molecule has 0 radical (unpaired) electrons. The fourth-order valence-electron chi connectivity index (χ4n) is 3.93. The van der Waals surface area contributed by atoms with Crippen molar-refractivity contribution in [3.05, 3.63) is 84.4 Å². The maximum atomic E-state index is 13.6. The number of carbonyl (C=O) groups excluding carboxylic acids is 1. The minimum atomic E-state index is -0.0418. The van der Waals surface area contributed by atoms with Crippen molar-refractivity contribution in [2.24, 2.45) is 0 Å². The highest BCUT2D eigenvalue weighted by atomic mass is 32.2. The van der Waals surface area contributed by atoms with Crippen molar-refractivity contribution in [2.75, 3.05) is 29.4 Å². The van der Waals surface area contributed by atoms with E-state index in [0.29, 0.717) is 11.0 Å². The Kier molecular flexibility index (Phi) is 6.46. The Morgan fingerprint density at radius 2 is 1.79 bits per heavy atom. The molecule has 0 aliphatic carbocycles. The molecule has 0 spiro atoms. The van der Waals surface area contributed by atoms with Crippen molar-refractivity contribution in [1.29, 1.82) is 0 Å². The van der Waals surface area contributed by atoms with Crippen LogP contribution in [0.15, 0.2) is 88.9 Å². The fraction of sp³-hybridized carbons (Fsp3) is 0.160. The van der Waals surface area contributed by atoms with Gasteiger partial charge < -0.3 is 15.5 Å². The highest BCUT2D eigenvalue weighted by Gasteiger charge is 2.32. The first-order chi connectivity index (χ1) is 16.7. The normalized spacial score (nSPS) is 15.1. The molecule has 2 N–H and O–H groups in total. The van der Waals surface area contributed by atoms with Gasteiger partial charge in [0.15, 0.2) is 5.82 Å². The minimum Gasteiger partial charge on any atom is -0.497 e. The number of nitrogens with zero attached hydrogens (tertiary/aromatic N) is 4. The predicted octanol–water partition coefficient (Wildman–Crippen LogP) is 4.64. The molecule has 1 unspecified atom stereocenters. The maximum absolute atomic E-state index is 13.6. The molecule has 0 bridgehead atoms. The molecule has 1 aliphatic heterocycles. The number of anilines is 1. The summed E-state index contributed by atoms with van der Waals surface area (Å²) in [5.41, 5.74) is 2.87. The van der Waals surface area contributed by atoms with Crippen LogP contribution < -0.4 is 15.5 Å². The summed E-state index contributed by atoms with van der Waals surface area (Å²) in [5.74, 6) is 8.55.